The largest absolute Gasteiger partial charge is 0.315 e. The molecule has 1 aliphatic heterocycles. The lowest BCUT2D eigenvalue weighted by Gasteiger charge is -2.32. The van der Waals surface area contributed by atoms with Crippen LogP contribution in [0.1, 0.15) is 45.5 Å². The number of hydrogen-bond acceptors (Lipinski definition) is 4. The summed E-state index contributed by atoms with van der Waals surface area (Å²) in [4.78, 5) is 20.3. The summed E-state index contributed by atoms with van der Waals surface area (Å²) in [5.41, 5.74) is 0.227. The number of nitrogens with zero attached hydrogens (tertiary/aromatic N) is 3. The van der Waals surface area contributed by atoms with Gasteiger partial charge in [-0.15, -0.1) is 0 Å². The molecule has 1 aliphatic rings. The maximum atomic E-state index is 14.0. The van der Waals surface area contributed by atoms with Gasteiger partial charge in [-0.05, 0) is 31.9 Å². The van der Waals surface area contributed by atoms with E-state index in [4.69, 9.17) is 16.6 Å². The van der Waals surface area contributed by atoms with Crippen LogP contribution in [-0.4, -0.2) is 40.6 Å². The van der Waals surface area contributed by atoms with E-state index in [1.54, 1.807) is 4.57 Å². The van der Waals surface area contributed by atoms with Crippen LogP contribution in [0.25, 0.3) is 10.9 Å². The van der Waals surface area contributed by atoms with E-state index >= 15 is 0 Å². The van der Waals surface area contributed by atoms with Crippen molar-refractivity contribution in [1.82, 2.24) is 19.8 Å². The zero-order valence-corrected chi connectivity index (χ0v) is 17.0. The highest BCUT2D eigenvalue weighted by Gasteiger charge is 2.27. The fourth-order valence-corrected chi connectivity index (χ4v) is 4.12. The van der Waals surface area contributed by atoms with Crippen molar-refractivity contribution in [3.63, 3.8) is 0 Å². The quantitative estimate of drug-likeness (QED) is 0.841. The van der Waals surface area contributed by atoms with Crippen molar-refractivity contribution < 1.29 is 4.39 Å². The van der Waals surface area contributed by atoms with Gasteiger partial charge in [0.25, 0.3) is 5.56 Å². The van der Waals surface area contributed by atoms with Crippen LogP contribution in [0.15, 0.2) is 16.9 Å². The zero-order chi connectivity index (χ0) is 19.6. The minimum absolute atomic E-state index is 0.0353. The van der Waals surface area contributed by atoms with Gasteiger partial charge in [0.05, 0.1) is 22.0 Å². The average Bonchev–Trinajstić information content (AvgIpc) is 2.85. The van der Waals surface area contributed by atoms with Crippen LogP contribution in [0.4, 0.5) is 4.39 Å². The molecule has 1 fully saturated rings. The fraction of sp³-hybridized carbons (Fsp3) is 0.600. The summed E-state index contributed by atoms with van der Waals surface area (Å²) in [6.07, 6.45) is 1.89. The van der Waals surface area contributed by atoms with Crippen molar-refractivity contribution in [3.05, 3.63) is 39.2 Å². The van der Waals surface area contributed by atoms with E-state index in [0.29, 0.717) is 23.4 Å². The van der Waals surface area contributed by atoms with Crippen molar-refractivity contribution in [2.45, 2.75) is 46.2 Å². The van der Waals surface area contributed by atoms with E-state index in [0.717, 1.165) is 44.8 Å². The number of aromatic nitrogens is 2. The van der Waals surface area contributed by atoms with Gasteiger partial charge in [0.15, 0.2) is 0 Å². The number of nitrogens with one attached hydrogen (secondary N) is 1. The summed E-state index contributed by atoms with van der Waals surface area (Å²) < 4.78 is 15.7. The molecule has 2 aromatic rings. The molecular formula is C20H28ClFN4O. The Labute approximate surface area is 164 Å². The topological polar surface area (TPSA) is 50.2 Å². The Kier molecular flexibility index (Phi) is 6.50. The molecule has 3 rings (SSSR count). The highest BCUT2D eigenvalue weighted by molar-refractivity contribution is 6.31. The van der Waals surface area contributed by atoms with Gasteiger partial charge in [0.1, 0.15) is 11.6 Å². The Balaban J connectivity index is 2.16. The fourth-order valence-electron chi connectivity index (χ4n) is 3.95. The summed E-state index contributed by atoms with van der Waals surface area (Å²) in [5, 5.41) is 3.79. The lowest BCUT2D eigenvalue weighted by Crippen LogP contribution is -2.38. The minimum atomic E-state index is -0.545. The first-order valence-electron chi connectivity index (χ1n) is 9.80. The molecule has 5 nitrogen and oxygen atoms in total. The highest BCUT2D eigenvalue weighted by Crippen LogP contribution is 2.28. The molecule has 0 radical (unpaired) electrons. The van der Waals surface area contributed by atoms with E-state index in [1.165, 1.54) is 12.1 Å². The summed E-state index contributed by atoms with van der Waals surface area (Å²) in [7, 11) is 0. The lowest BCUT2D eigenvalue weighted by molar-refractivity contribution is 0.169. The van der Waals surface area contributed by atoms with Gasteiger partial charge in [0.2, 0.25) is 0 Å². The molecule has 0 amide bonds. The number of benzene rings is 1. The standard InChI is InChI=1S/C20H28ClFN4O/c1-4-6-18(25-8-7-23-11-13(3)12-25)19-24-17-10-16(22)15(21)9-14(17)20(27)26(19)5-2/h9-10,13,18,23H,4-8,11-12H2,1-3H3/t13-,18+/m0/s1. The molecule has 2 atom stereocenters. The monoisotopic (exact) mass is 394 g/mol. The molecule has 0 unspecified atom stereocenters. The second-order valence-corrected chi connectivity index (χ2v) is 7.82. The average molecular weight is 395 g/mol. The molecule has 0 aliphatic carbocycles. The molecule has 0 bridgehead atoms. The van der Waals surface area contributed by atoms with Crippen molar-refractivity contribution in [2.24, 2.45) is 5.92 Å². The minimum Gasteiger partial charge on any atom is -0.315 e. The van der Waals surface area contributed by atoms with Crippen LogP contribution in [-0.2, 0) is 6.54 Å². The summed E-state index contributed by atoms with van der Waals surface area (Å²) >= 11 is 5.90. The van der Waals surface area contributed by atoms with Gasteiger partial charge < -0.3 is 5.32 Å². The first kappa shape index (κ1) is 20.2. The third-order valence-corrected chi connectivity index (χ3v) is 5.55. The van der Waals surface area contributed by atoms with Crippen LogP contribution in [0.3, 0.4) is 0 Å². The number of rotatable bonds is 5. The van der Waals surface area contributed by atoms with Crippen molar-refractivity contribution >= 4 is 22.5 Å². The van der Waals surface area contributed by atoms with Crippen molar-refractivity contribution in [2.75, 3.05) is 26.2 Å². The Morgan fingerprint density at radius 3 is 2.89 bits per heavy atom. The third kappa shape index (κ3) is 4.18. The molecule has 7 heteroatoms. The van der Waals surface area contributed by atoms with Crippen molar-refractivity contribution in [3.8, 4) is 0 Å². The Bertz CT molecular complexity index is 869. The molecule has 148 valence electrons. The molecule has 2 heterocycles. The summed E-state index contributed by atoms with van der Waals surface area (Å²) in [6, 6.07) is 2.70. The molecule has 27 heavy (non-hydrogen) atoms. The first-order valence-corrected chi connectivity index (χ1v) is 10.2. The molecule has 1 saturated heterocycles. The Morgan fingerprint density at radius 2 is 2.19 bits per heavy atom. The van der Waals surface area contributed by atoms with E-state index in [9.17, 15) is 9.18 Å². The van der Waals surface area contributed by atoms with E-state index in [1.807, 2.05) is 6.92 Å². The SMILES string of the molecule is CCC[C@H](c1nc2cc(F)c(Cl)cc2c(=O)n1CC)N1CCNC[C@H](C)C1. The van der Waals surface area contributed by atoms with Crippen LogP contribution in [0, 0.1) is 11.7 Å². The van der Waals surface area contributed by atoms with Gasteiger partial charge >= 0.3 is 0 Å². The predicted octanol–water partition coefficient (Wildman–Crippen LogP) is 3.59. The molecule has 0 spiro atoms. The third-order valence-electron chi connectivity index (χ3n) is 5.26. The van der Waals surface area contributed by atoms with Gasteiger partial charge in [-0.2, -0.15) is 0 Å². The predicted molar refractivity (Wildman–Crippen MR) is 108 cm³/mol. The van der Waals surface area contributed by atoms with Gasteiger partial charge in [-0.25, -0.2) is 9.37 Å². The van der Waals surface area contributed by atoms with E-state index in [2.05, 4.69) is 24.1 Å². The Hall–Kier alpha value is -1.50. The second-order valence-electron chi connectivity index (χ2n) is 7.41. The maximum absolute atomic E-state index is 14.0. The number of fused-ring (bicyclic) bond motifs is 1. The molecule has 0 saturated carbocycles. The second kappa shape index (κ2) is 8.67. The maximum Gasteiger partial charge on any atom is 0.261 e. The molecular weight excluding hydrogens is 367 g/mol. The number of hydrogen-bond donors (Lipinski definition) is 1. The van der Waals surface area contributed by atoms with Gasteiger partial charge in [-0.1, -0.05) is 31.9 Å². The smallest absolute Gasteiger partial charge is 0.261 e. The van der Waals surface area contributed by atoms with Crippen LogP contribution in [0.2, 0.25) is 5.02 Å². The Morgan fingerprint density at radius 1 is 1.41 bits per heavy atom. The molecule has 1 N–H and O–H groups in total. The summed E-state index contributed by atoms with van der Waals surface area (Å²) in [5.74, 6) is 0.703. The number of halogens is 2. The van der Waals surface area contributed by atoms with Gasteiger partial charge in [0, 0.05) is 32.2 Å². The summed E-state index contributed by atoms with van der Waals surface area (Å²) in [6.45, 7) is 10.6. The molecule has 1 aromatic heterocycles. The molecule has 1 aromatic carbocycles. The van der Waals surface area contributed by atoms with Crippen LogP contribution in [0.5, 0.6) is 0 Å². The van der Waals surface area contributed by atoms with Gasteiger partial charge in [-0.3, -0.25) is 14.3 Å². The normalized spacial score (nSPS) is 20.0. The zero-order valence-electron chi connectivity index (χ0n) is 16.3. The van der Waals surface area contributed by atoms with Crippen molar-refractivity contribution in [1.29, 1.82) is 0 Å². The van der Waals surface area contributed by atoms with Crippen LogP contribution < -0.4 is 10.9 Å². The van der Waals surface area contributed by atoms with E-state index in [-0.39, 0.29) is 16.6 Å². The van der Waals surface area contributed by atoms with Crippen LogP contribution >= 0.6 is 11.6 Å². The highest BCUT2D eigenvalue weighted by atomic mass is 35.5. The first-order chi connectivity index (χ1) is 13.0. The lowest BCUT2D eigenvalue weighted by atomic mass is 10.1. The van der Waals surface area contributed by atoms with E-state index < -0.39 is 5.82 Å².